The quantitative estimate of drug-likeness (QED) is 0.862. The molecular weight excluding hydrogens is 222 g/mol. The van der Waals surface area contributed by atoms with Gasteiger partial charge in [-0.05, 0) is 23.8 Å². The molecule has 0 saturated carbocycles. The number of aryl methyl sites for hydroxylation is 1. The van der Waals surface area contributed by atoms with Crippen LogP contribution < -0.4 is 0 Å². The molecule has 0 unspecified atom stereocenters. The first-order chi connectivity index (χ1) is 8.03. The molecule has 3 heteroatoms. The fraction of sp³-hybridized carbons (Fsp3) is 0.286. The molecule has 90 valence electrons. The van der Waals surface area contributed by atoms with E-state index in [0.717, 1.165) is 16.3 Å². The number of aliphatic hydroxyl groups is 1. The molecule has 0 saturated heterocycles. The van der Waals surface area contributed by atoms with E-state index in [2.05, 4.69) is 0 Å². The van der Waals surface area contributed by atoms with Crippen LogP contribution in [0, 0.1) is 6.92 Å². The maximum atomic E-state index is 13.6. The van der Waals surface area contributed by atoms with Gasteiger partial charge >= 0.3 is 0 Å². The van der Waals surface area contributed by atoms with Gasteiger partial charge in [0.2, 0.25) is 0 Å². The van der Waals surface area contributed by atoms with Gasteiger partial charge in [0.1, 0.15) is 0 Å². The molecule has 2 rings (SSSR count). The third kappa shape index (κ3) is 2.44. The first kappa shape index (κ1) is 12.0. The molecule has 0 spiro atoms. The molecule has 0 bridgehead atoms. The van der Waals surface area contributed by atoms with Crippen LogP contribution in [0.25, 0.3) is 10.8 Å². The molecular formula is C14H14F2O. The van der Waals surface area contributed by atoms with E-state index < -0.39 is 19.0 Å². The summed E-state index contributed by atoms with van der Waals surface area (Å²) < 4.78 is 27.2. The van der Waals surface area contributed by atoms with Crippen molar-refractivity contribution in [1.29, 1.82) is 0 Å². The highest BCUT2D eigenvalue weighted by Crippen LogP contribution is 2.33. The Labute approximate surface area is 98.7 Å². The van der Waals surface area contributed by atoms with Gasteiger partial charge in [0.25, 0.3) is 5.92 Å². The second kappa shape index (κ2) is 4.41. The number of halogens is 2. The van der Waals surface area contributed by atoms with Crippen molar-refractivity contribution < 1.29 is 13.9 Å². The standard InChI is InChI=1S/C14H14F2O/c1-10-2-3-12-9-13(5-4-11(12)8-10)14(15,16)6-7-17/h2-5,8-9,17H,6-7H2,1H3. The minimum atomic E-state index is -2.96. The zero-order chi connectivity index (χ0) is 12.5. The number of rotatable bonds is 3. The third-order valence-corrected chi connectivity index (χ3v) is 2.84. The smallest absolute Gasteiger partial charge is 0.275 e. The van der Waals surface area contributed by atoms with Crippen LogP contribution in [-0.4, -0.2) is 11.7 Å². The zero-order valence-electron chi connectivity index (χ0n) is 9.58. The van der Waals surface area contributed by atoms with E-state index in [-0.39, 0.29) is 5.56 Å². The molecule has 2 aromatic carbocycles. The molecule has 0 aromatic heterocycles. The van der Waals surface area contributed by atoms with Crippen molar-refractivity contribution in [3.05, 3.63) is 47.5 Å². The van der Waals surface area contributed by atoms with Gasteiger partial charge < -0.3 is 5.11 Å². The lowest BCUT2D eigenvalue weighted by atomic mass is 10.00. The van der Waals surface area contributed by atoms with Gasteiger partial charge in [-0.2, -0.15) is 0 Å². The predicted octanol–water partition coefficient (Wildman–Crippen LogP) is 3.62. The summed E-state index contributed by atoms with van der Waals surface area (Å²) in [6, 6.07) is 10.3. The summed E-state index contributed by atoms with van der Waals surface area (Å²) in [5.41, 5.74) is 1.07. The summed E-state index contributed by atoms with van der Waals surface area (Å²) in [6.07, 6.45) is -0.537. The Kier molecular flexibility index (Phi) is 3.11. The molecule has 0 fully saturated rings. The van der Waals surface area contributed by atoms with E-state index in [4.69, 9.17) is 5.11 Å². The first-order valence-electron chi connectivity index (χ1n) is 5.52. The summed E-state index contributed by atoms with van der Waals surface area (Å²) in [5, 5.41) is 10.4. The first-order valence-corrected chi connectivity index (χ1v) is 5.52. The Morgan fingerprint density at radius 3 is 2.41 bits per heavy atom. The molecule has 0 amide bonds. The SMILES string of the molecule is Cc1ccc2cc(C(F)(F)CCO)ccc2c1. The second-order valence-electron chi connectivity index (χ2n) is 4.24. The summed E-state index contributed by atoms with van der Waals surface area (Å²) in [4.78, 5) is 0. The van der Waals surface area contributed by atoms with Gasteiger partial charge in [-0.15, -0.1) is 0 Å². The monoisotopic (exact) mass is 236 g/mol. The van der Waals surface area contributed by atoms with Crippen molar-refractivity contribution in [3.8, 4) is 0 Å². The Morgan fingerprint density at radius 1 is 1.06 bits per heavy atom. The van der Waals surface area contributed by atoms with Crippen LogP contribution in [0.15, 0.2) is 36.4 Å². The molecule has 0 heterocycles. The molecule has 0 radical (unpaired) electrons. The minimum Gasteiger partial charge on any atom is -0.396 e. The topological polar surface area (TPSA) is 20.2 Å². The van der Waals surface area contributed by atoms with Gasteiger partial charge in [0.15, 0.2) is 0 Å². The highest BCUT2D eigenvalue weighted by atomic mass is 19.3. The third-order valence-electron chi connectivity index (χ3n) is 2.84. The van der Waals surface area contributed by atoms with Crippen molar-refractivity contribution in [2.75, 3.05) is 6.61 Å². The van der Waals surface area contributed by atoms with Crippen LogP contribution in [0.1, 0.15) is 17.5 Å². The maximum Gasteiger partial charge on any atom is 0.275 e. The van der Waals surface area contributed by atoms with Crippen molar-refractivity contribution in [2.45, 2.75) is 19.3 Å². The van der Waals surface area contributed by atoms with Crippen LogP contribution >= 0.6 is 0 Å². The average Bonchev–Trinajstić information content (AvgIpc) is 2.28. The number of alkyl halides is 2. The van der Waals surface area contributed by atoms with Crippen molar-refractivity contribution >= 4 is 10.8 Å². The largest absolute Gasteiger partial charge is 0.396 e. The van der Waals surface area contributed by atoms with E-state index >= 15 is 0 Å². The van der Waals surface area contributed by atoms with Crippen molar-refractivity contribution in [2.24, 2.45) is 0 Å². The molecule has 2 aromatic rings. The predicted molar refractivity (Wildman–Crippen MR) is 64.3 cm³/mol. The van der Waals surface area contributed by atoms with Gasteiger partial charge in [-0.1, -0.05) is 35.9 Å². The lowest BCUT2D eigenvalue weighted by molar-refractivity contribution is -0.0268. The van der Waals surface area contributed by atoms with E-state index in [9.17, 15) is 8.78 Å². The number of fused-ring (bicyclic) bond motifs is 1. The molecule has 0 atom stereocenters. The number of benzene rings is 2. The second-order valence-corrected chi connectivity index (χ2v) is 4.24. The number of hydrogen-bond donors (Lipinski definition) is 1. The Morgan fingerprint density at radius 2 is 1.71 bits per heavy atom. The molecule has 0 aliphatic carbocycles. The van der Waals surface area contributed by atoms with E-state index in [0.29, 0.717) is 0 Å². The minimum absolute atomic E-state index is 0.0390. The fourth-order valence-corrected chi connectivity index (χ4v) is 1.88. The van der Waals surface area contributed by atoms with E-state index in [1.807, 2.05) is 25.1 Å². The summed E-state index contributed by atoms with van der Waals surface area (Å²) in [6.45, 7) is 1.45. The summed E-state index contributed by atoms with van der Waals surface area (Å²) in [5.74, 6) is -2.96. The molecule has 1 N–H and O–H groups in total. The molecule has 17 heavy (non-hydrogen) atoms. The Bertz CT molecular complexity index is 535. The average molecular weight is 236 g/mol. The van der Waals surface area contributed by atoms with Crippen LogP contribution in [0.2, 0.25) is 0 Å². The lowest BCUT2D eigenvalue weighted by Crippen LogP contribution is -2.15. The van der Waals surface area contributed by atoms with Crippen LogP contribution in [0.4, 0.5) is 8.78 Å². The summed E-state index contributed by atoms with van der Waals surface area (Å²) in [7, 11) is 0. The maximum absolute atomic E-state index is 13.6. The summed E-state index contributed by atoms with van der Waals surface area (Å²) >= 11 is 0. The Hall–Kier alpha value is -1.48. The van der Waals surface area contributed by atoms with E-state index in [1.54, 1.807) is 6.07 Å². The highest BCUT2D eigenvalue weighted by molar-refractivity contribution is 5.83. The van der Waals surface area contributed by atoms with E-state index in [1.165, 1.54) is 12.1 Å². The highest BCUT2D eigenvalue weighted by Gasteiger charge is 2.30. The Balaban J connectivity index is 2.48. The molecule has 1 nitrogen and oxygen atoms in total. The van der Waals surface area contributed by atoms with Gasteiger partial charge in [-0.25, -0.2) is 8.78 Å². The number of hydrogen-bond acceptors (Lipinski definition) is 1. The van der Waals surface area contributed by atoms with Gasteiger partial charge in [0.05, 0.1) is 0 Å². The normalized spacial score (nSPS) is 12.0. The fourth-order valence-electron chi connectivity index (χ4n) is 1.88. The van der Waals surface area contributed by atoms with Crippen LogP contribution in [0.3, 0.4) is 0 Å². The molecule has 0 aliphatic heterocycles. The van der Waals surface area contributed by atoms with Crippen LogP contribution in [-0.2, 0) is 5.92 Å². The van der Waals surface area contributed by atoms with Gasteiger partial charge in [0, 0.05) is 18.6 Å². The number of aliphatic hydroxyl groups excluding tert-OH is 1. The molecule has 0 aliphatic rings. The van der Waals surface area contributed by atoms with Gasteiger partial charge in [-0.3, -0.25) is 0 Å². The van der Waals surface area contributed by atoms with Crippen molar-refractivity contribution in [1.82, 2.24) is 0 Å². The van der Waals surface area contributed by atoms with Crippen molar-refractivity contribution in [3.63, 3.8) is 0 Å². The zero-order valence-corrected chi connectivity index (χ0v) is 9.58. The van der Waals surface area contributed by atoms with Crippen LogP contribution in [0.5, 0.6) is 0 Å². The lowest BCUT2D eigenvalue weighted by Gasteiger charge is -2.16.